The summed E-state index contributed by atoms with van der Waals surface area (Å²) in [5.41, 5.74) is 0.318. The first kappa shape index (κ1) is 10.5. The molecule has 0 radical (unpaired) electrons. The maximum Gasteiger partial charge on any atom is 0.118 e. The van der Waals surface area contributed by atoms with Gasteiger partial charge >= 0.3 is 0 Å². The summed E-state index contributed by atoms with van der Waals surface area (Å²) in [6.07, 6.45) is 10.6. The molecule has 82 valence electrons. The topological polar surface area (TPSA) is 29.5 Å². The van der Waals surface area contributed by atoms with Gasteiger partial charge in [0.2, 0.25) is 0 Å². The minimum atomic E-state index is -0.824. The van der Waals surface area contributed by atoms with Crippen LogP contribution in [0.3, 0.4) is 0 Å². The van der Waals surface area contributed by atoms with E-state index in [1.807, 2.05) is 6.08 Å². The standard InChI is InChI=1S/C13H18O2/c1-2-13(14)8-5-6-11(10-13)12-7-3-4-9-15-12/h2,7,10,14H,1,3-6,8-9H2. The highest BCUT2D eigenvalue weighted by Crippen LogP contribution is 2.32. The lowest BCUT2D eigenvalue weighted by Gasteiger charge is -2.28. The first-order valence-electron chi connectivity index (χ1n) is 5.64. The van der Waals surface area contributed by atoms with E-state index in [4.69, 9.17) is 4.74 Å². The second-order valence-electron chi connectivity index (χ2n) is 4.28. The highest BCUT2D eigenvalue weighted by molar-refractivity contribution is 5.33. The van der Waals surface area contributed by atoms with E-state index in [9.17, 15) is 5.11 Å². The van der Waals surface area contributed by atoms with Gasteiger partial charge in [0.25, 0.3) is 0 Å². The molecule has 0 aromatic rings. The van der Waals surface area contributed by atoms with Crippen LogP contribution in [-0.4, -0.2) is 17.3 Å². The van der Waals surface area contributed by atoms with Crippen LogP contribution in [0.4, 0.5) is 0 Å². The van der Waals surface area contributed by atoms with Crippen LogP contribution in [0.15, 0.2) is 36.1 Å². The Kier molecular flexibility index (Phi) is 2.96. The van der Waals surface area contributed by atoms with Crippen molar-refractivity contribution in [3.8, 4) is 0 Å². The molecule has 15 heavy (non-hydrogen) atoms. The van der Waals surface area contributed by atoms with Crippen molar-refractivity contribution in [1.82, 2.24) is 0 Å². The Bertz CT molecular complexity index is 314. The van der Waals surface area contributed by atoms with Crippen molar-refractivity contribution in [3.63, 3.8) is 0 Å². The zero-order chi connectivity index (χ0) is 10.7. The Morgan fingerprint density at radius 2 is 2.33 bits per heavy atom. The highest BCUT2D eigenvalue weighted by atomic mass is 16.5. The summed E-state index contributed by atoms with van der Waals surface area (Å²) in [6.45, 7) is 4.48. The van der Waals surface area contributed by atoms with Crippen LogP contribution < -0.4 is 0 Å². The Labute approximate surface area is 90.9 Å². The van der Waals surface area contributed by atoms with Crippen LogP contribution in [0.25, 0.3) is 0 Å². The lowest BCUT2D eigenvalue weighted by Crippen LogP contribution is -2.26. The third kappa shape index (κ3) is 2.32. The Morgan fingerprint density at radius 3 is 3.00 bits per heavy atom. The van der Waals surface area contributed by atoms with Crippen LogP contribution >= 0.6 is 0 Å². The molecule has 0 saturated heterocycles. The number of allylic oxidation sites excluding steroid dienone is 2. The van der Waals surface area contributed by atoms with E-state index < -0.39 is 5.60 Å². The average Bonchev–Trinajstić information content (AvgIpc) is 2.30. The van der Waals surface area contributed by atoms with Gasteiger partial charge in [0.05, 0.1) is 6.61 Å². The zero-order valence-corrected chi connectivity index (χ0v) is 9.04. The monoisotopic (exact) mass is 206 g/mol. The fraction of sp³-hybridized carbons (Fsp3) is 0.538. The fourth-order valence-corrected chi connectivity index (χ4v) is 2.14. The predicted molar refractivity (Wildman–Crippen MR) is 60.3 cm³/mol. The second kappa shape index (κ2) is 4.23. The molecule has 1 heterocycles. The van der Waals surface area contributed by atoms with Gasteiger partial charge in [0.15, 0.2) is 0 Å². The normalized spacial score (nSPS) is 31.3. The molecule has 0 amide bonds. The molecular weight excluding hydrogens is 188 g/mol. The van der Waals surface area contributed by atoms with Crippen LogP contribution in [0.1, 0.15) is 32.1 Å². The van der Waals surface area contributed by atoms with Crippen molar-refractivity contribution in [2.75, 3.05) is 6.61 Å². The maximum absolute atomic E-state index is 10.1. The summed E-state index contributed by atoms with van der Waals surface area (Å²) in [5, 5.41) is 10.1. The van der Waals surface area contributed by atoms with Crippen molar-refractivity contribution in [2.45, 2.75) is 37.7 Å². The lowest BCUT2D eigenvalue weighted by atomic mass is 9.85. The summed E-state index contributed by atoms with van der Waals surface area (Å²) in [6, 6.07) is 0. The van der Waals surface area contributed by atoms with E-state index in [-0.39, 0.29) is 0 Å². The molecule has 0 spiro atoms. The second-order valence-corrected chi connectivity index (χ2v) is 4.28. The van der Waals surface area contributed by atoms with Gasteiger partial charge in [-0.3, -0.25) is 0 Å². The summed E-state index contributed by atoms with van der Waals surface area (Å²) in [5.74, 6) is 0.973. The van der Waals surface area contributed by atoms with E-state index in [0.29, 0.717) is 0 Å². The Balaban J connectivity index is 2.21. The molecule has 2 heteroatoms. The summed E-state index contributed by atoms with van der Waals surface area (Å²) in [7, 11) is 0. The number of aliphatic hydroxyl groups is 1. The highest BCUT2D eigenvalue weighted by Gasteiger charge is 2.26. The van der Waals surface area contributed by atoms with Gasteiger partial charge < -0.3 is 9.84 Å². The van der Waals surface area contributed by atoms with Gasteiger partial charge in [-0.15, -0.1) is 0 Å². The molecule has 1 unspecified atom stereocenters. The molecule has 0 aromatic carbocycles. The summed E-state index contributed by atoms with van der Waals surface area (Å²) < 4.78 is 5.60. The van der Waals surface area contributed by atoms with Gasteiger partial charge in [-0.1, -0.05) is 12.7 Å². The smallest absolute Gasteiger partial charge is 0.118 e. The summed E-state index contributed by atoms with van der Waals surface area (Å²) in [4.78, 5) is 0. The Hall–Kier alpha value is -1.02. The third-order valence-corrected chi connectivity index (χ3v) is 3.05. The number of hydrogen-bond acceptors (Lipinski definition) is 2. The fourth-order valence-electron chi connectivity index (χ4n) is 2.14. The Morgan fingerprint density at radius 1 is 1.47 bits per heavy atom. The molecule has 0 saturated carbocycles. The molecule has 2 aliphatic rings. The molecule has 1 N–H and O–H groups in total. The molecule has 1 aliphatic heterocycles. The zero-order valence-electron chi connectivity index (χ0n) is 9.04. The quantitative estimate of drug-likeness (QED) is 0.704. The number of ether oxygens (including phenoxy) is 1. The third-order valence-electron chi connectivity index (χ3n) is 3.05. The molecule has 0 fully saturated rings. The van der Waals surface area contributed by atoms with Gasteiger partial charge in [0.1, 0.15) is 11.4 Å². The van der Waals surface area contributed by atoms with E-state index in [1.54, 1.807) is 6.08 Å². The first-order chi connectivity index (χ1) is 7.23. The van der Waals surface area contributed by atoms with Crippen LogP contribution in [-0.2, 0) is 4.74 Å². The first-order valence-corrected chi connectivity index (χ1v) is 5.64. The van der Waals surface area contributed by atoms with Crippen LogP contribution in [0, 0.1) is 0 Å². The predicted octanol–water partition coefficient (Wildman–Crippen LogP) is 2.71. The van der Waals surface area contributed by atoms with Gasteiger partial charge in [0, 0.05) is 0 Å². The number of hydrogen-bond donors (Lipinski definition) is 1. The minimum absolute atomic E-state index is 0.771. The number of rotatable bonds is 2. The van der Waals surface area contributed by atoms with E-state index in [0.717, 1.165) is 50.0 Å². The molecule has 0 aromatic heterocycles. The average molecular weight is 206 g/mol. The van der Waals surface area contributed by atoms with Crippen molar-refractivity contribution >= 4 is 0 Å². The lowest BCUT2D eigenvalue weighted by molar-refractivity contribution is 0.120. The molecule has 1 atom stereocenters. The molecule has 0 bridgehead atoms. The molecule has 2 nitrogen and oxygen atoms in total. The summed E-state index contributed by atoms with van der Waals surface area (Å²) >= 11 is 0. The SMILES string of the molecule is C=CC1(O)C=C(C2=CCCCO2)CCC1. The largest absolute Gasteiger partial charge is 0.494 e. The maximum atomic E-state index is 10.1. The van der Waals surface area contributed by atoms with Crippen LogP contribution in [0.2, 0.25) is 0 Å². The van der Waals surface area contributed by atoms with Crippen molar-refractivity contribution < 1.29 is 9.84 Å². The molecule has 2 rings (SSSR count). The van der Waals surface area contributed by atoms with Crippen LogP contribution in [0.5, 0.6) is 0 Å². The van der Waals surface area contributed by atoms with E-state index in [1.165, 1.54) is 0 Å². The van der Waals surface area contributed by atoms with Crippen molar-refractivity contribution in [2.24, 2.45) is 0 Å². The van der Waals surface area contributed by atoms with Gasteiger partial charge in [-0.2, -0.15) is 0 Å². The van der Waals surface area contributed by atoms with E-state index >= 15 is 0 Å². The van der Waals surface area contributed by atoms with E-state index in [2.05, 4.69) is 12.7 Å². The van der Waals surface area contributed by atoms with Crippen molar-refractivity contribution in [3.05, 3.63) is 36.1 Å². The molecule has 1 aliphatic carbocycles. The van der Waals surface area contributed by atoms with Crippen molar-refractivity contribution in [1.29, 1.82) is 0 Å². The molecular formula is C13H18O2. The van der Waals surface area contributed by atoms with Gasteiger partial charge in [-0.25, -0.2) is 0 Å². The van der Waals surface area contributed by atoms with Gasteiger partial charge in [-0.05, 0) is 49.8 Å². The minimum Gasteiger partial charge on any atom is -0.494 e.